The topological polar surface area (TPSA) is 47.0 Å². The normalized spacial score (nSPS) is 12.4. The van der Waals surface area contributed by atoms with Crippen molar-refractivity contribution in [3.8, 4) is 5.88 Å². The molecule has 0 radical (unpaired) electrons. The van der Waals surface area contributed by atoms with Gasteiger partial charge < -0.3 is 10.1 Å². The molecule has 1 unspecified atom stereocenters. The Morgan fingerprint density at radius 2 is 2.11 bits per heavy atom. The second-order valence-corrected chi connectivity index (χ2v) is 5.69. The lowest BCUT2D eigenvalue weighted by Gasteiger charge is -2.12. The third-order valence-electron chi connectivity index (χ3n) is 2.91. The first-order valence-corrected chi connectivity index (χ1v) is 7.09. The Morgan fingerprint density at radius 1 is 1.32 bits per heavy atom. The van der Waals surface area contributed by atoms with E-state index in [2.05, 4.69) is 29.1 Å². The summed E-state index contributed by atoms with van der Waals surface area (Å²) in [7, 11) is 1.63. The van der Waals surface area contributed by atoms with E-state index in [-0.39, 0.29) is 6.04 Å². The van der Waals surface area contributed by atoms with E-state index in [0.29, 0.717) is 5.88 Å². The van der Waals surface area contributed by atoms with Crippen molar-refractivity contribution in [3.63, 3.8) is 0 Å². The maximum Gasteiger partial charge on any atom is 0.213 e. The molecule has 2 aromatic rings. The third kappa shape index (κ3) is 3.52. The van der Waals surface area contributed by atoms with Crippen molar-refractivity contribution in [1.29, 1.82) is 0 Å². The summed E-state index contributed by atoms with van der Waals surface area (Å²) in [5, 5.41) is 4.58. The lowest BCUT2D eigenvalue weighted by molar-refractivity contribution is 0.395. The molecular formula is C14H19N3OS. The molecule has 0 aliphatic carbocycles. The molecule has 19 heavy (non-hydrogen) atoms. The van der Waals surface area contributed by atoms with E-state index < -0.39 is 0 Å². The molecule has 5 heteroatoms. The predicted octanol–water partition coefficient (Wildman–Crippen LogP) is 3.01. The van der Waals surface area contributed by atoms with Crippen LogP contribution < -0.4 is 10.1 Å². The van der Waals surface area contributed by atoms with Crippen molar-refractivity contribution in [1.82, 2.24) is 15.3 Å². The predicted molar refractivity (Wildman–Crippen MR) is 77.6 cm³/mol. The van der Waals surface area contributed by atoms with Crippen LogP contribution in [0.4, 0.5) is 0 Å². The summed E-state index contributed by atoms with van der Waals surface area (Å²) in [6.07, 6.45) is 0. The lowest BCUT2D eigenvalue weighted by atomic mass is 10.2. The average molecular weight is 277 g/mol. The van der Waals surface area contributed by atoms with Crippen LogP contribution in [0.15, 0.2) is 18.2 Å². The summed E-state index contributed by atoms with van der Waals surface area (Å²) in [6, 6.07) is 6.07. The van der Waals surface area contributed by atoms with Gasteiger partial charge in [0.2, 0.25) is 5.88 Å². The first-order chi connectivity index (χ1) is 9.10. The number of thiazole rings is 1. The second-order valence-electron chi connectivity index (χ2n) is 4.46. The van der Waals surface area contributed by atoms with E-state index in [1.54, 1.807) is 18.4 Å². The maximum absolute atomic E-state index is 5.12. The Bertz CT molecular complexity index is 553. The highest BCUT2D eigenvalue weighted by molar-refractivity contribution is 7.11. The van der Waals surface area contributed by atoms with Crippen molar-refractivity contribution < 1.29 is 4.74 Å². The molecule has 2 aromatic heterocycles. The fourth-order valence-corrected chi connectivity index (χ4v) is 2.92. The zero-order chi connectivity index (χ0) is 13.8. The third-order valence-corrected chi connectivity index (χ3v) is 4.17. The molecule has 0 aromatic carbocycles. The molecule has 2 heterocycles. The first-order valence-electron chi connectivity index (χ1n) is 6.27. The maximum atomic E-state index is 5.12. The highest BCUT2D eigenvalue weighted by Gasteiger charge is 2.12. The average Bonchev–Trinajstić information content (AvgIpc) is 2.75. The Labute approximate surface area is 117 Å². The Balaban J connectivity index is 2.00. The van der Waals surface area contributed by atoms with Gasteiger partial charge in [0, 0.05) is 23.5 Å². The first kappa shape index (κ1) is 14.0. The highest BCUT2D eigenvalue weighted by Crippen LogP contribution is 2.24. The molecule has 0 amide bonds. The molecule has 0 saturated heterocycles. The van der Waals surface area contributed by atoms with Crippen LogP contribution in [0.1, 0.15) is 34.2 Å². The Kier molecular flexibility index (Phi) is 4.50. The summed E-state index contributed by atoms with van der Waals surface area (Å²) in [4.78, 5) is 10.1. The summed E-state index contributed by atoms with van der Waals surface area (Å²) in [5.74, 6) is 0.650. The van der Waals surface area contributed by atoms with E-state index in [4.69, 9.17) is 4.74 Å². The van der Waals surface area contributed by atoms with Gasteiger partial charge in [-0.15, -0.1) is 11.3 Å². The number of methoxy groups -OCH3 is 1. The zero-order valence-electron chi connectivity index (χ0n) is 11.7. The Hall–Kier alpha value is -1.46. The van der Waals surface area contributed by atoms with Gasteiger partial charge in [-0.2, -0.15) is 0 Å². The number of nitrogens with zero attached hydrogens (tertiary/aromatic N) is 2. The fraction of sp³-hybridized carbons (Fsp3) is 0.429. The van der Waals surface area contributed by atoms with Crippen LogP contribution in [0.3, 0.4) is 0 Å². The number of pyridine rings is 1. The number of aryl methyl sites for hydroxylation is 2. The fourth-order valence-electron chi connectivity index (χ4n) is 1.97. The van der Waals surface area contributed by atoms with Gasteiger partial charge in [-0.3, -0.25) is 0 Å². The van der Waals surface area contributed by atoms with Gasteiger partial charge in [0.25, 0.3) is 0 Å². The van der Waals surface area contributed by atoms with Gasteiger partial charge in [0.1, 0.15) is 0 Å². The lowest BCUT2D eigenvalue weighted by Crippen LogP contribution is -2.18. The largest absolute Gasteiger partial charge is 0.481 e. The number of ether oxygens (including phenoxy) is 1. The SMILES string of the molecule is COc1cccc(CNC(C)c2sc(C)nc2C)n1. The molecule has 0 aliphatic rings. The molecule has 0 bridgehead atoms. The van der Waals surface area contributed by atoms with Crippen molar-refractivity contribution in [3.05, 3.63) is 39.5 Å². The number of rotatable bonds is 5. The molecule has 0 saturated carbocycles. The molecule has 1 atom stereocenters. The van der Waals surface area contributed by atoms with Crippen molar-refractivity contribution >= 4 is 11.3 Å². The van der Waals surface area contributed by atoms with E-state index in [1.807, 2.05) is 25.1 Å². The number of hydrogen-bond donors (Lipinski definition) is 1. The minimum atomic E-state index is 0.277. The van der Waals surface area contributed by atoms with Crippen LogP contribution in [0.5, 0.6) is 5.88 Å². The molecule has 4 nitrogen and oxygen atoms in total. The van der Waals surface area contributed by atoms with Gasteiger partial charge in [0.15, 0.2) is 0 Å². The number of hydrogen-bond acceptors (Lipinski definition) is 5. The quantitative estimate of drug-likeness (QED) is 0.912. The van der Waals surface area contributed by atoms with Crippen LogP contribution in [0.2, 0.25) is 0 Å². The zero-order valence-corrected chi connectivity index (χ0v) is 12.5. The van der Waals surface area contributed by atoms with E-state index in [0.717, 1.165) is 22.9 Å². The molecule has 0 spiro atoms. The van der Waals surface area contributed by atoms with Crippen molar-refractivity contribution in [2.45, 2.75) is 33.4 Å². The van der Waals surface area contributed by atoms with Crippen molar-refractivity contribution in [2.24, 2.45) is 0 Å². The molecule has 102 valence electrons. The minimum Gasteiger partial charge on any atom is -0.481 e. The molecule has 0 aliphatic heterocycles. The van der Waals surface area contributed by atoms with Gasteiger partial charge in [-0.25, -0.2) is 9.97 Å². The van der Waals surface area contributed by atoms with Gasteiger partial charge in [-0.05, 0) is 26.8 Å². The van der Waals surface area contributed by atoms with Crippen LogP contribution in [0, 0.1) is 13.8 Å². The summed E-state index contributed by atoms with van der Waals surface area (Å²) in [6.45, 7) is 6.97. The summed E-state index contributed by atoms with van der Waals surface area (Å²) in [5.41, 5.74) is 2.09. The van der Waals surface area contributed by atoms with Crippen LogP contribution >= 0.6 is 11.3 Å². The minimum absolute atomic E-state index is 0.277. The standard InChI is InChI=1S/C14H19N3OS/c1-9(14-10(2)16-11(3)19-14)15-8-12-6-5-7-13(17-12)18-4/h5-7,9,15H,8H2,1-4H3. The van der Waals surface area contributed by atoms with E-state index in [9.17, 15) is 0 Å². The van der Waals surface area contributed by atoms with Gasteiger partial charge in [0.05, 0.1) is 23.5 Å². The second kappa shape index (κ2) is 6.12. The van der Waals surface area contributed by atoms with Crippen molar-refractivity contribution in [2.75, 3.05) is 7.11 Å². The molecule has 0 fully saturated rings. The van der Waals surface area contributed by atoms with Gasteiger partial charge in [-0.1, -0.05) is 6.07 Å². The van der Waals surface area contributed by atoms with E-state index >= 15 is 0 Å². The van der Waals surface area contributed by atoms with Crippen LogP contribution in [-0.4, -0.2) is 17.1 Å². The van der Waals surface area contributed by atoms with Gasteiger partial charge >= 0.3 is 0 Å². The van der Waals surface area contributed by atoms with Crippen LogP contribution in [0.25, 0.3) is 0 Å². The summed E-state index contributed by atoms with van der Waals surface area (Å²) >= 11 is 1.75. The highest BCUT2D eigenvalue weighted by atomic mass is 32.1. The molecule has 2 rings (SSSR count). The van der Waals surface area contributed by atoms with Crippen LogP contribution in [-0.2, 0) is 6.54 Å². The van der Waals surface area contributed by atoms with E-state index in [1.165, 1.54) is 4.88 Å². The number of aromatic nitrogens is 2. The molecular weight excluding hydrogens is 258 g/mol. The smallest absolute Gasteiger partial charge is 0.213 e. The molecule has 1 N–H and O–H groups in total. The number of nitrogens with one attached hydrogen (secondary N) is 1. The monoisotopic (exact) mass is 277 g/mol. The summed E-state index contributed by atoms with van der Waals surface area (Å²) < 4.78 is 5.12. The Morgan fingerprint density at radius 3 is 2.74 bits per heavy atom.